The summed E-state index contributed by atoms with van der Waals surface area (Å²) in [7, 11) is 3.57. The molecule has 122 valence electrons. The third-order valence-corrected chi connectivity index (χ3v) is 3.70. The minimum atomic E-state index is -0.148. The van der Waals surface area contributed by atoms with Crippen molar-refractivity contribution < 1.29 is 9.53 Å². The first-order valence-electron chi connectivity index (χ1n) is 7.64. The van der Waals surface area contributed by atoms with Gasteiger partial charge in [0.2, 0.25) is 0 Å². The summed E-state index contributed by atoms with van der Waals surface area (Å²) in [5, 5.41) is 2.93. The van der Waals surface area contributed by atoms with Crippen LogP contribution in [0.1, 0.15) is 15.9 Å². The Hall–Kier alpha value is -2.92. The molecule has 1 amide bonds. The highest BCUT2D eigenvalue weighted by molar-refractivity contribution is 6.04. The molecule has 0 aliphatic rings. The summed E-state index contributed by atoms with van der Waals surface area (Å²) in [5.41, 5.74) is 3.25. The number of hydrogen-bond donors (Lipinski definition) is 1. The van der Waals surface area contributed by atoms with E-state index in [0.29, 0.717) is 12.2 Å². The summed E-state index contributed by atoms with van der Waals surface area (Å²) in [4.78, 5) is 16.8. The van der Waals surface area contributed by atoms with Crippen LogP contribution in [0.4, 0.5) is 5.69 Å². The second-order valence-corrected chi connectivity index (χ2v) is 5.53. The molecular formula is C19H19N3O2. The second-order valence-electron chi connectivity index (χ2n) is 5.53. The highest BCUT2D eigenvalue weighted by atomic mass is 16.5. The first kappa shape index (κ1) is 16.0. The van der Waals surface area contributed by atoms with Gasteiger partial charge in [0.1, 0.15) is 5.82 Å². The lowest BCUT2D eigenvalue weighted by molar-refractivity contribution is 0.102. The van der Waals surface area contributed by atoms with Gasteiger partial charge < -0.3 is 14.6 Å². The van der Waals surface area contributed by atoms with Crippen molar-refractivity contribution in [3.63, 3.8) is 0 Å². The minimum absolute atomic E-state index is 0.148. The van der Waals surface area contributed by atoms with Crippen molar-refractivity contribution in [2.75, 3.05) is 12.4 Å². The first-order valence-corrected chi connectivity index (χ1v) is 7.64. The number of aryl methyl sites for hydroxylation is 1. The molecule has 1 aromatic heterocycles. The molecule has 3 aromatic rings. The molecule has 0 unspecified atom stereocenters. The number of nitrogens with zero attached hydrogens (tertiary/aromatic N) is 2. The molecule has 0 radical (unpaired) electrons. The zero-order chi connectivity index (χ0) is 16.9. The zero-order valence-electron chi connectivity index (χ0n) is 13.7. The SMILES string of the molecule is COCc1cccc(C(=O)Nc2cccc(-c3nccn3C)c2)c1. The van der Waals surface area contributed by atoms with Crippen LogP contribution in [0.2, 0.25) is 0 Å². The average Bonchev–Trinajstić information content (AvgIpc) is 3.02. The Kier molecular flexibility index (Phi) is 4.72. The van der Waals surface area contributed by atoms with Crippen molar-refractivity contribution in [3.05, 3.63) is 72.1 Å². The van der Waals surface area contributed by atoms with Crippen LogP contribution in [0.5, 0.6) is 0 Å². The van der Waals surface area contributed by atoms with Gasteiger partial charge in [0.05, 0.1) is 6.61 Å². The number of rotatable bonds is 5. The number of benzene rings is 2. The molecule has 0 aliphatic heterocycles. The lowest BCUT2D eigenvalue weighted by Gasteiger charge is -2.09. The van der Waals surface area contributed by atoms with Gasteiger partial charge in [-0.15, -0.1) is 0 Å². The van der Waals surface area contributed by atoms with Gasteiger partial charge in [0, 0.05) is 43.4 Å². The molecule has 5 nitrogen and oxygen atoms in total. The topological polar surface area (TPSA) is 56.1 Å². The van der Waals surface area contributed by atoms with E-state index < -0.39 is 0 Å². The molecule has 1 N–H and O–H groups in total. The number of imidazole rings is 1. The molecule has 0 fully saturated rings. The third-order valence-electron chi connectivity index (χ3n) is 3.70. The van der Waals surface area contributed by atoms with Crippen LogP contribution in [0.15, 0.2) is 60.9 Å². The van der Waals surface area contributed by atoms with E-state index >= 15 is 0 Å². The number of nitrogens with one attached hydrogen (secondary N) is 1. The van der Waals surface area contributed by atoms with E-state index in [0.717, 1.165) is 22.6 Å². The second kappa shape index (κ2) is 7.10. The van der Waals surface area contributed by atoms with Crippen LogP contribution in [0, 0.1) is 0 Å². The highest BCUT2D eigenvalue weighted by Gasteiger charge is 2.09. The lowest BCUT2D eigenvalue weighted by atomic mass is 10.1. The Labute approximate surface area is 140 Å². The smallest absolute Gasteiger partial charge is 0.255 e. The molecular weight excluding hydrogens is 302 g/mol. The van der Waals surface area contributed by atoms with E-state index in [2.05, 4.69) is 10.3 Å². The fourth-order valence-corrected chi connectivity index (χ4v) is 2.55. The van der Waals surface area contributed by atoms with Crippen LogP contribution >= 0.6 is 0 Å². The van der Waals surface area contributed by atoms with Gasteiger partial charge in [-0.3, -0.25) is 4.79 Å². The van der Waals surface area contributed by atoms with E-state index in [-0.39, 0.29) is 5.91 Å². The summed E-state index contributed by atoms with van der Waals surface area (Å²) in [6.45, 7) is 0.482. The van der Waals surface area contributed by atoms with Crippen LogP contribution in [0.3, 0.4) is 0 Å². The van der Waals surface area contributed by atoms with Gasteiger partial charge in [-0.05, 0) is 29.8 Å². The maximum atomic E-state index is 12.5. The summed E-state index contributed by atoms with van der Waals surface area (Å²) >= 11 is 0. The molecule has 5 heteroatoms. The number of aromatic nitrogens is 2. The zero-order valence-corrected chi connectivity index (χ0v) is 13.7. The number of methoxy groups -OCH3 is 1. The Morgan fingerprint density at radius 2 is 2.04 bits per heavy atom. The first-order chi connectivity index (χ1) is 11.7. The third kappa shape index (κ3) is 3.52. The number of amides is 1. The van der Waals surface area contributed by atoms with E-state index in [1.165, 1.54) is 0 Å². The Morgan fingerprint density at radius 1 is 1.21 bits per heavy atom. The summed E-state index contributed by atoms with van der Waals surface area (Å²) in [6, 6.07) is 15.1. The summed E-state index contributed by atoms with van der Waals surface area (Å²) < 4.78 is 7.05. The molecule has 0 saturated carbocycles. The number of carbonyl (C=O) groups excluding carboxylic acids is 1. The van der Waals surface area contributed by atoms with Crippen LogP contribution in [-0.4, -0.2) is 22.6 Å². The van der Waals surface area contributed by atoms with Crippen molar-refractivity contribution in [3.8, 4) is 11.4 Å². The lowest BCUT2D eigenvalue weighted by Crippen LogP contribution is -2.12. The van der Waals surface area contributed by atoms with Crippen molar-refractivity contribution in [2.45, 2.75) is 6.61 Å². The van der Waals surface area contributed by atoms with Crippen LogP contribution < -0.4 is 5.32 Å². The Balaban J connectivity index is 1.80. The fraction of sp³-hybridized carbons (Fsp3) is 0.158. The number of anilines is 1. The monoisotopic (exact) mass is 321 g/mol. The number of hydrogen-bond acceptors (Lipinski definition) is 3. The van der Waals surface area contributed by atoms with Gasteiger partial charge in [-0.25, -0.2) is 4.98 Å². The van der Waals surface area contributed by atoms with Crippen molar-refractivity contribution in [2.24, 2.45) is 7.05 Å². The Morgan fingerprint density at radius 3 is 2.79 bits per heavy atom. The maximum Gasteiger partial charge on any atom is 0.255 e. The van der Waals surface area contributed by atoms with Gasteiger partial charge in [-0.2, -0.15) is 0 Å². The molecule has 0 bridgehead atoms. The quantitative estimate of drug-likeness (QED) is 0.782. The maximum absolute atomic E-state index is 12.5. The van der Waals surface area contributed by atoms with Crippen molar-refractivity contribution in [1.29, 1.82) is 0 Å². The van der Waals surface area contributed by atoms with Gasteiger partial charge >= 0.3 is 0 Å². The van der Waals surface area contributed by atoms with Gasteiger partial charge in [0.15, 0.2) is 0 Å². The molecule has 24 heavy (non-hydrogen) atoms. The van der Waals surface area contributed by atoms with Crippen molar-refractivity contribution in [1.82, 2.24) is 9.55 Å². The van der Waals surface area contributed by atoms with Gasteiger partial charge in [0.25, 0.3) is 5.91 Å². The van der Waals surface area contributed by atoms with E-state index in [4.69, 9.17) is 4.74 Å². The van der Waals surface area contributed by atoms with Gasteiger partial charge in [-0.1, -0.05) is 24.3 Å². The average molecular weight is 321 g/mol. The van der Waals surface area contributed by atoms with E-state index in [1.807, 2.05) is 60.3 Å². The standard InChI is InChI=1S/C19H19N3O2/c1-22-10-9-20-18(22)15-6-4-8-17(12-15)21-19(23)16-7-3-5-14(11-16)13-24-2/h3-12H,13H2,1-2H3,(H,21,23). The molecule has 0 spiro atoms. The van der Waals surface area contributed by atoms with E-state index in [9.17, 15) is 4.79 Å². The minimum Gasteiger partial charge on any atom is -0.380 e. The predicted molar refractivity (Wildman–Crippen MR) is 93.8 cm³/mol. The molecule has 1 heterocycles. The number of ether oxygens (including phenoxy) is 1. The fourth-order valence-electron chi connectivity index (χ4n) is 2.55. The van der Waals surface area contributed by atoms with Crippen LogP contribution in [0.25, 0.3) is 11.4 Å². The Bertz CT molecular complexity index is 855. The molecule has 0 saturated heterocycles. The normalized spacial score (nSPS) is 10.6. The molecule has 3 rings (SSSR count). The largest absolute Gasteiger partial charge is 0.380 e. The number of carbonyl (C=O) groups is 1. The van der Waals surface area contributed by atoms with Crippen molar-refractivity contribution >= 4 is 11.6 Å². The van der Waals surface area contributed by atoms with Crippen LogP contribution in [-0.2, 0) is 18.4 Å². The predicted octanol–water partition coefficient (Wildman–Crippen LogP) is 3.49. The highest BCUT2D eigenvalue weighted by Crippen LogP contribution is 2.21. The van der Waals surface area contributed by atoms with E-state index in [1.54, 1.807) is 19.4 Å². The molecule has 0 atom stereocenters. The molecule has 2 aromatic carbocycles. The summed E-state index contributed by atoms with van der Waals surface area (Å²) in [5.74, 6) is 0.707. The molecule has 0 aliphatic carbocycles. The summed E-state index contributed by atoms with van der Waals surface area (Å²) in [6.07, 6.45) is 3.64.